The molecule has 9 heteroatoms. The summed E-state index contributed by atoms with van der Waals surface area (Å²) in [5, 5.41) is 12.9. The van der Waals surface area contributed by atoms with Crippen LogP contribution in [0.4, 0.5) is 11.9 Å². The van der Waals surface area contributed by atoms with E-state index < -0.39 is 5.54 Å². The van der Waals surface area contributed by atoms with Crippen LogP contribution in [-0.4, -0.2) is 55.0 Å². The van der Waals surface area contributed by atoms with E-state index in [2.05, 4.69) is 25.3 Å². The van der Waals surface area contributed by atoms with Gasteiger partial charge in [-0.2, -0.15) is 15.0 Å². The van der Waals surface area contributed by atoms with Crippen LogP contribution < -0.4 is 11.1 Å². The third-order valence-electron chi connectivity index (χ3n) is 3.51. The van der Waals surface area contributed by atoms with Crippen LogP contribution in [0.3, 0.4) is 0 Å². The molecule has 0 amide bonds. The molecule has 112 valence electrons. The molecule has 0 aromatic carbocycles. The van der Waals surface area contributed by atoms with Crippen LogP contribution in [0.15, 0.2) is 18.7 Å². The zero-order valence-electron chi connectivity index (χ0n) is 11.4. The van der Waals surface area contributed by atoms with Gasteiger partial charge in [-0.15, -0.1) is 0 Å². The topological polar surface area (TPSA) is 124 Å². The van der Waals surface area contributed by atoms with E-state index in [1.54, 1.807) is 23.3 Å². The first-order valence-electron chi connectivity index (χ1n) is 6.67. The molecule has 2 aromatic rings. The van der Waals surface area contributed by atoms with Crippen LogP contribution in [0, 0.1) is 0 Å². The number of aliphatic hydroxyl groups excluding tert-OH is 1. The summed E-state index contributed by atoms with van der Waals surface area (Å²) in [5.74, 6) is 0.821. The Morgan fingerprint density at radius 1 is 1.33 bits per heavy atom. The van der Waals surface area contributed by atoms with Crippen molar-refractivity contribution in [2.24, 2.45) is 0 Å². The highest BCUT2D eigenvalue weighted by Gasteiger charge is 2.32. The Morgan fingerprint density at radius 3 is 2.81 bits per heavy atom. The predicted octanol–water partition coefficient (Wildman–Crippen LogP) is -0.407. The fourth-order valence-corrected chi connectivity index (χ4v) is 2.25. The molecule has 0 unspecified atom stereocenters. The molecule has 2 aromatic heterocycles. The van der Waals surface area contributed by atoms with Gasteiger partial charge in [0.15, 0.2) is 0 Å². The Kier molecular flexibility index (Phi) is 3.67. The SMILES string of the molecule is Nc1nc(NC2(CO)CCOCC2)nc(-n2ccnc2)n1. The molecule has 1 aliphatic heterocycles. The van der Waals surface area contributed by atoms with Crippen molar-refractivity contribution in [2.75, 3.05) is 30.9 Å². The van der Waals surface area contributed by atoms with Gasteiger partial charge in [0.1, 0.15) is 6.33 Å². The molecule has 9 nitrogen and oxygen atoms in total. The zero-order valence-corrected chi connectivity index (χ0v) is 11.4. The molecule has 3 heterocycles. The Balaban J connectivity index is 1.88. The molecule has 0 aliphatic carbocycles. The monoisotopic (exact) mass is 291 g/mol. The maximum atomic E-state index is 9.69. The van der Waals surface area contributed by atoms with E-state index in [1.807, 2.05) is 0 Å². The second-order valence-corrected chi connectivity index (χ2v) is 4.96. The Morgan fingerprint density at radius 2 is 2.14 bits per heavy atom. The lowest BCUT2D eigenvalue weighted by Gasteiger charge is -2.36. The number of ether oxygens (including phenoxy) is 1. The van der Waals surface area contributed by atoms with Crippen molar-refractivity contribution >= 4 is 11.9 Å². The highest BCUT2D eigenvalue weighted by atomic mass is 16.5. The van der Waals surface area contributed by atoms with E-state index in [4.69, 9.17) is 10.5 Å². The normalized spacial score (nSPS) is 17.6. The van der Waals surface area contributed by atoms with E-state index in [0.717, 1.165) is 0 Å². The van der Waals surface area contributed by atoms with E-state index in [1.165, 1.54) is 0 Å². The third-order valence-corrected chi connectivity index (χ3v) is 3.51. The van der Waals surface area contributed by atoms with Crippen molar-refractivity contribution in [3.63, 3.8) is 0 Å². The number of aliphatic hydroxyl groups is 1. The summed E-state index contributed by atoms with van der Waals surface area (Å²) >= 11 is 0. The van der Waals surface area contributed by atoms with Gasteiger partial charge in [0.2, 0.25) is 17.8 Å². The van der Waals surface area contributed by atoms with Crippen LogP contribution in [0.5, 0.6) is 0 Å². The van der Waals surface area contributed by atoms with Gasteiger partial charge in [-0.05, 0) is 12.8 Å². The molecule has 3 rings (SSSR count). The van der Waals surface area contributed by atoms with Gasteiger partial charge in [-0.1, -0.05) is 0 Å². The minimum Gasteiger partial charge on any atom is -0.394 e. The Hall–Kier alpha value is -2.26. The van der Waals surface area contributed by atoms with Gasteiger partial charge in [-0.3, -0.25) is 4.57 Å². The summed E-state index contributed by atoms with van der Waals surface area (Å²) in [6.07, 6.45) is 6.27. The van der Waals surface area contributed by atoms with Crippen LogP contribution in [0.2, 0.25) is 0 Å². The molecule has 1 aliphatic rings. The lowest BCUT2D eigenvalue weighted by Crippen LogP contribution is -2.47. The molecular weight excluding hydrogens is 274 g/mol. The summed E-state index contributed by atoms with van der Waals surface area (Å²) in [6, 6.07) is 0. The van der Waals surface area contributed by atoms with E-state index in [-0.39, 0.29) is 12.6 Å². The smallest absolute Gasteiger partial charge is 0.241 e. The van der Waals surface area contributed by atoms with Gasteiger partial charge in [0.05, 0.1) is 12.1 Å². The van der Waals surface area contributed by atoms with Crippen molar-refractivity contribution in [3.05, 3.63) is 18.7 Å². The number of anilines is 2. The number of hydrogen-bond donors (Lipinski definition) is 3. The minimum absolute atomic E-state index is 0.0254. The summed E-state index contributed by atoms with van der Waals surface area (Å²) in [5.41, 5.74) is 5.24. The molecule has 0 radical (unpaired) electrons. The van der Waals surface area contributed by atoms with Crippen molar-refractivity contribution in [1.82, 2.24) is 24.5 Å². The molecule has 4 N–H and O–H groups in total. The van der Waals surface area contributed by atoms with Crippen LogP contribution in [-0.2, 0) is 4.74 Å². The largest absolute Gasteiger partial charge is 0.394 e. The highest BCUT2D eigenvalue weighted by molar-refractivity contribution is 5.37. The van der Waals surface area contributed by atoms with Gasteiger partial charge in [-0.25, -0.2) is 4.98 Å². The van der Waals surface area contributed by atoms with Crippen LogP contribution in [0.25, 0.3) is 5.95 Å². The lowest BCUT2D eigenvalue weighted by molar-refractivity contribution is 0.0377. The lowest BCUT2D eigenvalue weighted by atomic mass is 9.91. The molecule has 1 saturated heterocycles. The van der Waals surface area contributed by atoms with Crippen LogP contribution in [0.1, 0.15) is 12.8 Å². The fourth-order valence-electron chi connectivity index (χ4n) is 2.25. The predicted molar refractivity (Wildman–Crippen MR) is 74.9 cm³/mol. The molecular formula is C12H17N7O2. The van der Waals surface area contributed by atoms with E-state index in [0.29, 0.717) is 38.0 Å². The second kappa shape index (κ2) is 5.62. The first-order chi connectivity index (χ1) is 10.2. The molecule has 0 atom stereocenters. The molecule has 0 saturated carbocycles. The first kappa shape index (κ1) is 13.7. The van der Waals surface area contributed by atoms with Gasteiger partial charge in [0.25, 0.3) is 0 Å². The van der Waals surface area contributed by atoms with Crippen molar-refractivity contribution in [2.45, 2.75) is 18.4 Å². The number of aromatic nitrogens is 5. The Labute approximate surface area is 121 Å². The van der Waals surface area contributed by atoms with Crippen molar-refractivity contribution < 1.29 is 9.84 Å². The number of nitrogens with zero attached hydrogens (tertiary/aromatic N) is 5. The number of nitrogens with two attached hydrogens (primary N) is 1. The second-order valence-electron chi connectivity index (χ2n) is 4.96. The Bertz CT molecular complexity index is 596. The average Bonchev–Trinajstić information content (AvgIpc) is 3.02. The number of imidazole rings is 1. The fraction of sp³-hybridized carbons (Fsp3) is 0.500. The van der Waals surface area contributed by atoms with Gasteiger partial charge < -0.3 is 20.9 Å². The van der Waals surface area contributed by atoms with E-state index in [9.17, 15) is 5.11 Å². The molecule has 0 bridgehead atoms. The average molecular weight is 291 g/mol. The maximum Gasteiger partial charge on any atom is 0.241 e. The maximum absolute atomic E-state index is 9.69. The number of rotatable bonds is 4. The third kappa shape index (κ3) is 2.93. The number of hydrogen-bond acceptors (Lipinski definition) is 8. The number of nitrogen functional groups attached to an aromatic ring is 1. The summed E-state index contributed by atoms with van der Waals surface area (Å²) in [6.45, 7) is 1.15. The first-order valence-corrected chi connectivity index (χ1v) is 6.67. The number of nitrogens with one attached hydrogen (secondary N) is 1. The summed E-state index contributed by atoms with van der Waals surface area (Å²) in [4.78, 5) is 16.4. The molecule has 21 heavy (non-hydrogen) atoms. The molecule has 1 fully saturated rings. The van der Waals surface area contributed by atoms with Gasteiger partial charge in [0, 0.05) is 25.6 Å². The standard InChI is InChI=1S/C12H17N7O2/c13-9-15-10(17-11(16-9)19-4-3-14-8-19)18-12(7-20)1-5-21-6-2-12/h3-4,8,20H,1-2,5-7H2,(H3,13,15,16,17,18). The van der Waals surface area contributed by atoms with E-state index >= 15 is 0 Å². The quantitative estimate of drug-likeness (QED) is 0.694. The summed E-state index contributed by atoms with van der Waals surface area (Å²) in [7, 11) is 0. The van der Waals surface area contributed by atoms with Gasteiger partial charge >= 0.3 is 0 Å². The highest BCUT2D eigenvalue weighted by Crippen LogP contribution is 2.24. The summed E-state index contributed by atoms with van der Waals surface area (Å²) < 4.78 is 6.97. The minimum atomic E-state index is -0.488. The zero-order chi connectivity index (χ0) is 14.7. The van der Waals surface area contributed by atoms with Crippen molar-refractivity contribution in [3.8, 4) is 5.95 Å². The molecule has 0 spiro atoms. The van der Waals surface area contributed by atoms with Crippen LogP contribution >= 0.6 is 0 Å². The van der Waals surface area contributed by atoms with Crippen molar-refractivity contribution in [1.29, 1.82) is 0 Å².